The van der Waals surface area contributed by atoms with Crippen LogP contribution in [0.1, 0.15) is 25.0 Å². The Morgan fingerprint density at radius 2 is 1.85 bits per heavy atom. The van der Waals surface area contributed by atoms with Crippen molar-refractivity contribution in [2.24, 2.45) is 0 Å². The third-order valence-corrected chi connectivity index (χ3v) is 3.41. The molecule has 0 fully saturated rings. The van der Waals surface area contributed by atoms with Crippen LogP contribution < -0.4 is 4.90 Å². The van der Waals surface area contributed by atoms with E-state index in [2.05, 4.69) is 24.0 Å². The molecule has 0 saturated carbocycles. The van der Waals surface area contributed by atoms with Gasteiger partial charge in [0.05, 0.1) is 6.10 Å². The minimum atomic E-state index is -0.636. The highest BCUT2D eigenvalue weighted by molar-refractivity contribution is 5.45. The molecule has 0 saturated heterocycles. The lowest BCUT2D eigenvalue weighted by molar-refractivity contribution is 0.169. The van der Waals surface area contributed by atoms with Crippen LogP contribution in [-0.2, 0) is 0 Å². The van der Waals surface area contributed by atoms with Crippen LogP contribution in [0.4, 0.5) is 10.1 Å². The Hall–Kier alpha value is -1.87. The highest BCUT2D eigenvalue weighted by Crippen LogP contribution is 2.20. The van der Waals surface area contributed by atoms with Crippen LogP contribution in [0.5, 0.6) is 0 Å². The molecule has 2 rings (SSSR count). The minimum absolute atomic E-state index is 0.308. The van der Waals surface area contributed by atoms with Gasteiger partial charge >= 0.3 is 0 Å². The van der Waals surface area contributed by atoms with E-state index in [1.54, 1.807) is 12.1 Å². The van der Waals surface area contributed by atoms with Gasteiger partial charge in [0.1, 0.15) is 5.82 Å². The van der Waals surface area contributed by atoms with Gasteiger partial charge in [0, 0.05) is 18.8 Å². The quantitative estimate of drug-likeness (QED) is 0.866. The van der Waals surface area contributed by atoms with Crippen molar-refractivity contribution in [3.05, 3.63) is 66.0 Å². The van der Waals surface area contributed by atoms with E-state index in [1.165, 1.54) is 12.1 Å². The van der Waals surface area contributed by atoms with Crippen molar-refractivity contribution in [3.63, 3.8) is 0 Å². The standard InChI is InChI=1S/C17H20FNO/c1-2-19(16-9-4-3-5-10-16)12-11-17(20)14-7-6-8-15(18)13-14/h3-10,13,17,20H,2,11-12H2,1H3. The molecular formula is C17H20FNO. The molecule has 2 aromatic carbocycles. The predicted octanol–water partition coefficient (Wildman–Crippen LogP) is 3.78. The molecule has 0 aliphatic carbocycles. The number of para-hydroxylation sites is 1. The van der Waals surface area contributed by atoms with Crippen LogP contribution in [0, 0.1) is 5.82 Å². The largest absolute Gasteiger partial charge is 0.388 e. The molecule has 0 radical (unpaired) electrons. The lowest BCUT2D eigenvalue weighted by atomic mass is 10.1. The molecule has 0 aromatic heterocycles. The van der Waals surface area contributed by atoms with E-state index in [1.807, 2.05) is 18.2 Å². The van der Waals surface area contributed by atoms with Gasteiger partial charge in [0.25, 0.3) is 0 Å². The predicted molar refractivity (Wildman–Crippen MR) is 80.3 cm³/mol. The molecule has 0 spiro atoms. The van der Waals surface area contributed by atoms with Gasteiger partial charge in [-0.15, -0.1) is 0 Å². The summed E-state index contributed by atoms with van der Waals surface area (Å²) in [5, 5.41) is 10.1. The van der Waals surface area contributed by atoms with Crippen molar-refractivity contribution in [1.29, 1.82) is 0 Å². The second-order valence-electron chi connectivity index (χ2n) is 4.77. The topological polar surface area (TPSA) is 23.5 Å². The van der Waals surface area contributed by atoms with Crippen molar-refractivity contribution in [1.82, 2.24) is 0 Å². The lowest BCUT2D eigenvalue weighted by Gasteiger charge is -2.24. The van der Waals surface area contributed by atoms with E-state index in [0.29, 0.717) is 12.0 Å². The maximum Gasteiger partial charge on any atom is 0.123 e. The summed E-state index contributed by atoms with van der Waals surface area (Å²) in [5.74, 6) is -0.308. The molecular weight excluding hydrogens is 253 g/mol. The van der Waals surface area contributed by atoms with Crippen LogP contribution >= 0.6 is 0 Å². The average Bonchev–Trinajstić information content (AvgIpc) is 2.49. The highest BCUT2D eigenvalue weighted by Gasteiger charge is 2.11. The first-order chi connectivity index (χ1) is 9.70. The number of rotatable bonds is 6. The molecule has 0 heterocycles. The van der Waals surface area contributed by atoms with Crippen LogP contribution in [0.2, 0.25) is 0 Å². The Balaban J connectivity index is 1.96. The Kier molecular flexibility index (Phi) is 5.13. The van der Waals surface area contributed by atoms with Gasteiger partial charge in [0.2, 0.25) is 0 Å². The van der Waals surface area contributed by atoms with E-state index in [0.717, 1.165) is 18.8 Å². The fourth-order valence-electron chi connectivity index (χ4n) is 2.27. The van der Waals surface area contributed by atoms with Gasteiger partial charge in [-0.25, -0.2) is 4.39 Å². The molecule has 0 amide bonds. The van der Waals surface area contributed by atoms with Gasteiger partial charge < -0.3 is 10.0 Å². The fraction of sp³-hybridized carbons (Fsp3) is 0.294. The first-order valence-electron chi connectivity index (χ1n) is 6.94. The number of aliphatic hydroxyl groups excluding tert-OH is 1. The van der Waals surface area contributed by atoms with Crippen molar-refractivity contribution in [2.75, 3.05) is 18.0 Å². The fourth-order valence-corrected chi connectivity index (χ4v) is 2.27. The van der Waals surface area contributed by atoms with Gasteiger partial charge in [-0.3, -0.25) is 0 Å². The SMILES string of the molecule is CCN(CCC(O)c1cccc(F)c1)c1ccccc1. The summed E-state index contributed by atoms with van der Waals surface area (Å²) in [6.07, 6.45) is -0.0601. The maximum absolute atomic E-state index is 13.1. The number of halogens is 1. The molecule has 2 aromatic rings. The zero-order valence-electron chi connectivity index (χ0n) is 11.7. The van der Waals surface area contributed by atoms with Gasteiger partial charge in [-0.05, 0) is 43.2 Å². The molecule has 1 unspecified atom stereocenters. The lowest BCUT2D eigenvalue weighted by Crippen LogP contribution is -2.25. The summed E-state index contributed by atoms with van der Waals surface area (Å²) in [7, 11) is 0. The first-order valence-corrected chi connectivity index (χ1v) is 6.94. The number of hydrogen-bond acceptors (Lipinski definition) is 2. The maximum atomic E-state index is 13.1. The summed E-state index contributed by atoms with van der Waals surface area (Å²) >= 11 is 0. The number of hydrogen-bond donors (Lipinski definition) is 1. The van der Waals surface area contributed by atoms with E-state index in [-0.39, 0.29) is 5.82 Å². The van der Waals surface area contributed by atoms with Crippen LogP contribution in [-0.4, -0.2) is 18.2 Å². The molecule has 2 nitrogen and oxygen atoms in total. The molecule has 0 aliphatic rings. The normalized spacial score (nSPS) is 12.2. The van der Waals surface area contributed by atoms with Crippen molar-refractivity contribution in [3.8, 4) is 0 Å². The Morgan fingerprint density at radius 1 is 1.10 bits per heavy atom. The molecule has 106 valence electrons. The van der Waals surface area contributed by atoms with E-state index < -0.39 is 6.10 Å². The summed E-state index contributed by atoms with van der Waals surface area (Å²) in [4.78, 5) is 2.20. The Labute approximate surface area is 119 Å². The first kappa shape index (κ1) is 14.5. The van der Waals surface area contributed by atoms with Crippen molar-refractivity contribution < 1.29 is 9.50 Å². The molecule has 0 bridgehead atoms. The molecule has 20 heavy (non-hydrogen) atoms. The van der Waals surface area contributed by atoms with Gasteiger partial charge in [0.15, 0.2) is 0 Å². The molecule has 3 heteroatoms. The Morgan fingerprint density at radius 3 is 2.50 bits per heavy atom. The van der Waals surface area contributed by atoms with E-state index >= 15 is 0 Å². The summed E-state index contributed by atoms with van der Waals surface area (Å²) < 4.78 is 13.1. The molecule has 1 atom stereocenters. The van der Waals surface area contributed by atoms with E-state index in [4.69, 9.17) is 0 Å². The van der Waals surface area contributed by atoms with Crippen LogP contribution in [0.3, 0.4) is 0 Å². The third kappa shape index (κ3) is 3.81. The van der Waals surface area contributed by atoms with E-state index in [9.17, 15) is 9.50 Å². The summed E-state index contributed by atoms with van der Waals surface area (Å²) in [6, 6.07) is 16.3. The zero-order chi connectivity index (χ0) is 14.4. The second kappa shape index (κ2) is 7.06. The average molecular weight is 273 g/mol. The van der Waals surface area contributed by atoms with Crippen molar-refractivity contribution >= 4 is 5.69 Å². The number of nitrogens with zero attached hydrogens (tertiary/aromatic N) is 1. The smallest absolute Gasteiger partial charge is 0.123 e. The summed E-state index contributed by atoms with van der Waals surface area (Å²) in [6.45, 7) is 3.69. The highest BCUT2D eigenvalue weighted by atomic mass is 19.1. The minimum Gasteiger partial charge on any atom is -0.388 e. The number of benzene rings is 2. The summed E-state index contributed by atoms with van der Waals surface area (Å²) in [5.41, 5.74) is 1.77. The number of anilines is 1. The molecule has 0 aliphatic heterocycles. The van der Waals surface area contributed by atoms with Crippen LogP contribution in [0.15, 0.2) is 54.6 Å². The monoisotopic (exact) mass is 273 g/mol. The Bertz CT molecular complexity index is 530. The zero-order valence-corrected chi connectivity index (χ0v) is 11.7. The van der Waals surface area contributed by atoms with Crippen LogP contribution in [0.25, 0.3) is 0 Å². The van der Waals surface area contributed by atoms with Crippen molar-refractivity contribution in [2.45, 2.75) is 19.4 Å². The number of aliphatic hydroxyl groups is 1. The van der Waals surface area contributed by atoms with Gasteiger partial charge in [-0.2, -0.15) is 0 Å². The molecule has 1 N–H and O–H groups in total. The third-order valence-electron chi connectivity index (χ3n) is 3.41. The second-order valence-corrected chi connectivity index (χ2v) is 4.77. The van der Waals surface area contributed by atoms with Gasteiger partial charge in [-0.1, -0.05) is 30.3 Å².